The molecule has 0 fully saturated rings. The summed E-state index contributed by atoms with van der Waals surface area (Å²) in [4.78, 5) is 12.2. The first-order valence-electron chi connectivity index (χ1n) is 8.52. The zero-order valence-corrected chi connectivity index (χ0v) is 19.1. The van der Waals surface area contributed by atoms with E-state index in [1.165, 1.54) is 0 Å². The summed E-state index contributed by atoms with van der Waals surface area (Å²) < 4.78 is 14.7. The maximum Gasteiger partial charge on any atom is 0.328 e. The van der Waals surface area contributed by atoms with Crippen molar-refractivity contribution in [3.05, 3.63) is 33.0 Å². The van der Waals surface area contributed by atoms with Crippen LogP contribution in [-0.2, 0) is 16.1 Å². The Labute approximate surface area is 176 Å². The number of esters is 1. The summed E-state index contributed by atoms with van der Waals surface area (Å²) in [6.07, 6.45) is 4.92. The third kappa shape index (κ3) is 5.97. The van der Waals surface area contributed by atoms with Crippen LogP contribution in [0.4, 0.5) is 0 Å². The molecule has 0 aliphatic carbocycles. The van der Waals surface area contributed by atoms with Crippen molar-refractivity contribution in [2.45, 2.75) is 52.2 Å². The molecule has 2 rings (SSSR count). The lowest BCUT2D eigenvalue weighted by Crippen LogP contribution is -2.26. The van der Waals surface area contributed by atoms with Crippen LogP contribution >= 0.6 is 38.5 Å². The lowest BCUT2D eigenvalue weighted by molar-refractivity contribution is -0.155. The number of rotatable bonds is 8. The molecule has 142 valence electrons. The Hall–Kier alpha value is -1.09. The van der Waals surface area contributed by atoms with Crippen LogP contribution in [0.5, 0.6) is 5.75 Å². The van der Waals surface area contributed by atoms with Crippen LogP contribution in [0, 0.1) is 3.70 Å². The van der Waals surface area contributed by atoms with Gasteiger partial charge in [-0.2, -0.15) is 5.10 Å². The Morgan fingerprint density at radius 2 is 2.12 bits per heavy atom. The summed E-state index contributed by atoms with van der Waals surface area (Å²) in [7, 11) is 0. The molecule has 1 aromatic carbocycles. The van der Waals surface area contributed by atoms with Crippen LogP contribution in [0.15, 0.2) is 29.3 Å². The number of benzene rings is 1. The van der Waals surface area contributed by atoms with Crippen molar-refractivity contribution in [1.82, 2.24) is 9.78 Å². The second kappa shape index (κ2) is 9.21. The summed E-state index contributed by atoms with van der Waals surface area (Å²) in [6, 6.07) is 3.90. The zero-order valence-electron chi connectivity index (χ0n) is 15.3. The van der Waals surface area contributed by atoms with Crippen LogP contribution in [-0.4, -0.2) is 28.0 Å². The first kappa shape index (κ1) is 21.2. The van der Waals surface area contributed by atoms with Crippen molar-refractivity contribution in [3.8, 4) is 5.75 Å². The number of hydrogen-bond donors (Lipinski definition) is 0. The standard InChI is InChI=1S/C19H24BrIN2O3/c1-5-6-7-8-9-25-16-11-15-13(10-14(16)20)18(21)22-23(15)12-17(24)26-19(2,3)4/h5,10-11H,1,6-9,12H2,2-4H3. The summed E-state index contributed by atoms with van der Waals surface area (Å²) in [5.41, 5.74) is 0.334. The lowest BCUT2D eigenvalue weighted by Gasteiger charge is -2.19. The number of fused-ring (bicyclic) bond motifs is 1. The number of unbranched alkanes of at least 4 members (excludes halogenated alkanes) is 2. The molecular weight excluding hydrogens is 511 g/mol. The van der Waals surface area contributed by atoms with Gasteiger partial charge in [0.25, 0.3) is 0 Å². The van der Waals surface area contributed by atoms with Gasteiger partial charge in [-0.3, -0.25) is 9.48 Å². The number of carbonyl (C=O) groups is 1. The van der Waals surface area contributed by atoms with Crippen molar-refractivity contribution in [3.63, 3.8) is 0 Å². The van der Waals surface area contributed by atoms with Crippen molar-refractivity contribution >= 4 is 55.4 Å². The molecule has 0 spiro atoms. The Kier molecular flexibility index (Phi) is 7.52. The Morgan fingerprint density at radius 3 is 2.77 bits per heavy atom. The van der Waals surface area contributed by atoms with Crippen LogP contribution < -0.4 is 4.74 Å². The van der Waals surface area contributed by atoms with Gasteiger partial charge >= 0.3 is 5.97 Å². The van der Waals surface area contributed by atoms with E-state index >= 15 is 0 Å². The number of ether oxygens (including phenoxy) is 2. The van der Waals surface area contributed by atoms with Crippen LogP contribution in [0.25, 0.3) is 10.9 Å². The molecule has 1 aromatic heterocycles. The van der Waals surface area contributed by atoms with Crippen LogP contribution in [0.1, 0.15) is 40.0 Å². The van der Waals surface area contributed by atoms with E-state index in [2.05, 4.69) is 50.2 Å². The molecule has 1 heterocycles. The summed E-state index contributed by atoms with van der Waals surface area (Å²) >= 11 is 5.73. The van der Waals surface area contributed by atoms with Gasteiger partial charge in [-0.1, -0.05) is 6.08 Å². The minimum atomic E-state index is -0.518. The predicted molar refractivity (Wildman–Crippen MR) is 116 cm³/mol. The Bertz CT molecular complexity index is 796. The fourth-order valence-electron chi connectivity index (χ4n) is 2.44. The molecule has 0 atom stereocenters. The lowest BCUT2D eigenvalue weighted by atomic mass is 10.2. The minimum Gasteiger partial charge on any atom is -0.492 e. The largest absolute Gasteiger partial charge is 0.492 e. The summed E-state index contributed by atoms with van der Waals surface area (Å²) in [5.74, 6) is 0.436. The van der Waals surface area contributed by atoms with Crippen molar-refractivity contribution in [1.29, 1.82) is 0 Å². The van der Waals surface area contributed by atoms with E-state index in [1.54, 1.807) is 4.68 Å². The fourth-order valence-corrected chi connectivity index (χ4v) is 3.59. The molecule has 5 nitrogen and oxygen atoms in total. The van der Waals surface area contributed by atoms with Gasteiger partial charge in [0, 0.05) is 11.5 Å². The quantitative estimate of drug-likeness (QED) is 0.195. The SMILES string of the molecule is C=CCCCCOc1cc2c(cc1Br)c(I)nn2CC(=O)OC(C)(C)C. The predicted octanol–water partition coefficient (Wildman–Crippen LogP) is 5.48. The zero-order chi connectivity index (χ0) is 19.3. The molecule has 0 bridgehead atoms. The van der Waals surface area contributed by atoms with E-state index in [4.69, 9.17) is 9.47 Å². The first-order valence-corrected chi connectivity index (χ1v) is 10.4. The molecule has 2 aromatic rings. The van der Waals surface area contributed by atoms with Gasteiger partial charge in [0.15, 0.2) is 0 Å². The molecule has 0 aliphatic rings. The Morgan fingerprint density at radius 1 is 1.38 bits per heavy atom. The molecular formula is C19H24BrIN2O3. The van der Waals surface area contributed by atoms with Gasteiger partial charge in [0.2, 0.25) is 0 Å². The number of allylic oxidation sites excluding steroid dienone is 1. The fraction of sp³-hybridized carbons (Fsp3) is 0.474. The van der Waals surface area contributed by atoms with E-state index in [1.807, 2.05) is 39.0 Å². The second-order valence-electron chi connectivity index (χ2n) is 6.97. The smallest absolute Gasteiger partial charge is 0.328 e. The molecule has 0 aliphatic heterocycles. The van der Waals surface area contributed by atoms with E-state index in [0.29, 0.717) is 6.61 Å². The maximum atomic E-state index is 12.2. The van der Waals surface area contributed by atoms with Gasteiger partial charge in [0.1, 0.15) is 21.6 Å². The van der Waals surface area contributed by atoms with Gasteiger partial charge in [-0.15, -0.1) is 6.58 Å². The first-order chi connectivity index (χ1) is 12.2. The highest BCUT2D eigenvalue weighted by molar-refractivity contribution is 14.1. The monoisotopic (exact) mass is 534 g/mol. The van der Waals surface area contributed by atoms with Gasteiger partial charge in [-0.25, -0.2) is 0 Å². The normalized spacial score (nSPS) is 11.6. The highest BCUT2D eigenvalue weighted by Gasteiger charge is 2.19. The van der Waals surface area contributed by atoms with Gasteiger partial charge < -0.3 is 9.47 Å². The molecule has 26 heavy (non-hydrogen) atoms. The van der Waals surface area contributed by atoms with Crippen molar-refractivity contribution in [2.24, 2.45) is 0 Å². The van der Waals surface area contributed by atoms with E-state index in [9.17, 15) is 4.79 Å². The van der Waals surface area contributed by atoms with Crippen molar-refractivity contribution in [2.75, 3.05) is 6.61 Å². The number of hydrogen-bond acceptors (Lipinski definition) is 4. The number of halogens is 2. The Balaban J connectivity index is 2.19. The van der Waals surface area contributed by atoms with Gasteiger partial charge in [-0.05, 0) is 84.6 Å². The minimum absolute atomic E-state index is 0.0666. The molecule has 7 heteroatoms. The number of nitrogens with zero attached hydrogens (tertiary/aromatic N) is 2. The highest BCUT2D eigenvalue weighted by atomic mass is 127. The van der Waals surface area contributed by atoms with Crippen LogP contribution in [0.2, 0.25) is 0 Å². The molecule has 0 radical (unpaired) electrons. The van der Waals surface area contributed by atoms with E-state index < -0.39 is 5.60 Å². The third-order valence-electron chi connectivity index (χ3n) is 3.52. The molecule has 0 N–H and O–H groups in total. The number of aromatic nitrogens is 2. The molecule has 0 saturated carbocycles. The molecule has 0 amide bonds. The van der Waals surface area contributed by atoms with Crippen molar-refractivity contribution < 1.29 is 14.3 Å². The molecule has 0 saturated heterocycles. The topological polar surface area (TPSA) is 53.4 Å². The highest BCUT2D eigenvalue weighted by Crippen LogP contribution is 2.33. The second-order valence-corrected chi connectivity index (χ2v) is 8.84. The summed E-state index contributed by atoms with van der Waals surface area (Å²) in [6.45, 7) is 9.98. The average molecular weight is 535 g/mol. The maximum absolute atomic E-state index is 12.2. The third-order valence-corrected chi connectivity index (χ3v) is 4.93. The van der Waals surface area contributed by atoms with Crippen LogP contribution in [0.3, 0.4) is 0 Å². The van der Waals surface area contributed by atoms with Gasteiger partial charge in [0.05, 0.1) is 16.6 Å². The van der Waals surface area contributed by atoms with E-state index in [0.717, 1.165) is 44.1 Å². The number of carbonyl (C=O) groups excluding carboxylic acids is 1. The molecule has 0 unspecified atom stereocenters. The van der Waals surface area contributed by atoms with E-state index in [-0.39, 0.29) is 12.5 Å². The average Bonchev–Trinajstić information content (AvgIpc) is 2.80. The summed E-state index contributed by atoms with van der Waals surface area (Å²) in [5, 5.41) is 5.45.